The van der Waals surface area contributed by atoms with E-state index in [1.54, 1.807) is 64.8 Å². The highest BCUT2D eigenvalue weighted by Gasteiger charge is 2.55. The normalized spacial score (nSPS) is 25.2. The Morgan fingerprint density at radius 1 is 0.890 bits per heavy atom. The first kappa shape index (κ1) is 91.0. The molecule has 6 amide bonds. The Bertz CT molecular complexity index is 3350. The molecule has 614 valence electrons. The Balaban J connectivity index is 0.981. The number of aliphatic hydroxyl groups is 8. The zero-order valence-electron chi connectivity index (χ0n) is 64.9. The average molecular weight is 1560 g/mol. The van der Waals surface area contributed by atoms with Crippen molar-refractivity contribution in [3.8, 4) is 0 Å². The van der Waals surface area contributed by atoms with Gasteiger partial charge in [-0.15, -0.1) is 16.4 Å². The summed E-state index contributed by atoms with van der Waals surface area (Å²) in [6.45, 7) is 16.2. The lowest BCUT2D eigenvalue weighted by Crippen LogP contribution is -2.65. The number of nitrogens with one attached hydrogen (secondary N) is 4. The summed E-state index contributed by atoms with van der Waals surface area (Å²) in [4.78, 5) is 110. The summed E-state index contributed by atoms with van der Waals surface area (Å²) < 4.78 is 36.1. The fourth-order valence-corrected chi connectivity index (χ4v) is 14.8. The molecule has 0 saturated carbocycles. The number of nitrogens with zero attached hydrogens (tertiary/aromatic N) is 8. The van der Waals surface area contributed by atoms with Gasteiger partial charge in [0, 0.05) is 78.4 Å². The Hall–Kier alpha value is -6.85. The minimum absolute atomic E-state index is 0.0253. The number of oxime groups is 1. The number of likely N-dealkylation sites (N-methyl/N-ethyl adjacent to an activating group) is 2. The third-order valence-electron chi connectivity index (χ3n) is 20.4. The number of likely N-dealkylation sites (tertiary alicyclic amines) is 1. The first-order valence-corrected chi connectivity index (χ1v) is 38.2. The summed E-state index contributed by atoms with van der Waals surface area (Å²) in [7, 11) is 6.20. The number of thiazole rings is 1. The minimum atomic E-state index is -2.66. The molecule has 1 aromatic carbocycles. The topological polar surface area (TPSA) is 480 Å². The SMILES string of the molecule is CCC(C)C(C(CC(=O)N1CCCC1C(OC)C(C)C(=O)NC(Cc1ccccc1)c1nccs1)OC)N(C)C(=O)C(NC(=O)C(C(C)C)N(C)CC(O)C(O)C(O)C(O)Cn1cc(CCNC(=O)CON=CC2OC(OCC3OC(OCCC(C)C)C(O)C(O)C3O)(C(=O)O)CC(O)C2NC(C)=O)nn1)C(C)C. The second-order valence-corrected chi connectivity index (χ2v) is 30.7. The van der Waals surface area contributed by atoms with E-state index in [1.165, 1.54) is 41.3 Å². The predicted molar refractivity (Wildman–Crippen MR) is 394 cm³/mol. The van der Waals surface area contributed by atoms with E-state index in [4.69, 9.17) is 33.3 Å². The van der Waals surface area contributed by atoms with E-state index in [0.29, 0.717) is 44.3 Å². The van der Waals surface area contributed by atoms with Crippen molar-refractivity contribution in [1.29, 1.82) is 0 Å². The highest BCUT2D eigenvalue weighted by molar-refractivity contribution is 7.09. The first-order chi connectivity index (χ1) is 51.6. The molecule has 6 rings (SSSR count). The van der Waals surface area contributed by atoms with Crippen molar-refractivity contribution in [2.45, 2.75) is 249 Å². The highest BCUT2D eigenvalue weighted by atomic mass is 32.1. The van der Waals surface area contributed by atoms with Crippen LogP contribution >= 0.6 is 11.3 Å². The number of methoxy groups -OCH3 is 2. The van der Waals surface area contributed by atoms with Gasteiger partial charge in [0.25, 0.3) is 11.7 Å². The van der Waals surface area contributed by atoms with E-state index in [9.17, 15) is 79.5 Å². The number of carbonyl (C=O) groups excluding carboxylic acids is 6. The van der Waals surface area contributed by atoms with E-state index in [1.807, 2.05) is 63.4 Å². The van der Waals surface area contributed by atoms with Crippen LogP contribution in [0.4, 0.5) is 0 Å². The van der Waals surface area contributed by atoms with Crippen LogP contribution < -0.4 is 21.3 Å². The maximum atomic E-state index is 14.9. The molecule has 3 fully saturated rings. The number of carboxylic acid groups (broad SMARTS) is 1. The molecule has 0 aliphatic carbocycles. The van der Waals surface area contributed by atoms with Gasteiger partial charge in [-0.1, -0.05) is 109 Å². The fourth-order valence-electron chi connectivity index (χ4n) is 14.1. The molecule has 5 heterocycles. The van der Waals surface area contributed by atoms with E-state index >= 15 is 0 Å². The number of amides is 6. The minimum Gasteiger partial charge on any atom is -0.477 e. The number of aliphatic hydroxyl groups excluding tert-OH is 8. The Kier molecular flexibility index (Phi) is 36.1. The first-order valence-electron chi connectivity index (χ1n) is 37.3. The number of carbonyl (C=O) groups is 7. The highest BCUT2D eigenvalue weighted by Crippen LogP contribution is 2.35. The molecule has 3 aliphatic heterocycles. The molecular weight excluding hydrogens is 1440 g/mol. The molecule has 0 bridgehead atoms. The summed E-state index contributed by atoms with van der Waals surface area (Å²) in [6.07, 6.45) is -13.8. The predicted octanol–water partition coefficient (Wildman–Crippen LogP) is -0.721. The van der Waals surface area contributed by atoms with Gasteiger partial charge in [-0.25, -0.2) is 14.5 Å². The zero-order valence-corrected chi connectivity index (χ0v) is 65.7. The summed E-state index contributed by atoms with van der Waals surface area (Å²) >= 11 is 1.46. The Morgan fingerprint density at radius 3 is 2.20 bits per heavy atom. The van der Waals surface area contributed by atoms with Crippen LogP contribution in [0.1, 0.15) is 130 Å². The van der Waals surface area contributed by atoms with Crippen molar-refractivity contribution < 1.29 is 113 Å². The van der Waals surface area contributed by atoms with Crippen molar-refractivity contribution in [2.75, 3.05) is 67.8 Å². The van der Waals surface area contributed by atoms with Crippen molar-refractivity contribution in [3.05, 3.63) is 64.4 Å². The molecule has 3 aromatic rings. The van der Waals surface area contributed by atoms with Crippen LogP contribution in [0.3, 0.4) is 0 Å². The lowest BCUT2D eigenvalue weighted by molar-refractivity contribution is -0.327. The molecule has 3 saturated heterocycles. The van der Waals surface area contributed by atoms with Gasteiger partial charge < -0.3 is 110 Å². The number of ether oxygens (including phenoxy) is 6. The van der Waals surface area contributed by atoms with Crippen molar-refractivity contribution in [1.82, 2.24) is 55.9 Å². The number of carboxylic acids is 1. The van der Waals surface area contributed by atoms with Gasteiger partial charge in [-0.2, -0.15) is 0 Å². The van der Waals surface area contributed by atoms with Gasteiger partial charge in [0.2, 0.25) is 29.5 Å². The second-order valence-electron chi connectivity index (χ2n) is 29.8. The lowest BCUT2D eigenvalue weighted by Gasteiger charge is -2.45. The Morgan fingerprint density at radius 2 is 1.59 bits per heavy atom. The van der Waals surface area contributed by atoms with Crippen LogP contribution in [0.25, 0.3) is 0 Å². The van der Waals surface area contributed by atoms with Gasteiger partial charge in [-0.05, 0) is 62.0 Å². The van der Waals surface area contributed by atoms with Gasteiger partial charge in [0.05, 0.1) is 98.6 Å². The average Bonchev–Trinajstić information content (AvgIpc) is 0.991. The monoisotopic (exact) mass is 1560 g/mol. The number of aromatic nitrogens is 4. The van der Waals surface area contributed by atoms with Crippen molar-refractivity contribution in [3.63, 3.8) is 0 Å². The molecule has 35 nitrogen and oxygen atoms in total. The lowest BCUT2D eigenvalue weighted by atomic mass is 9.89. The third kappa shape index (κ3) is 25.3. The van der Waals surface area contributed by atoms with Gasteiger partial charge in [-0.3, -0.25) is 33.7 Å². The molecule has 22 atom stereocenters. The largest absolute Gasteiger partial charge is 0.477 e. The number of rotatable bonds is 44. The number of hydrogen-bond donors (Lipinski definition) is 13. The fraction of sp³-hybridized carbons (Fsp3) is 0.740. The summed E-state index contributed by atoms with van der Waals surface area (Å²) in [5.41, 5.74) is 1.36. The molecule has 109 heavy (non-hydrogen) atoms. The number of benzene rings is 1. The summed E-state index contributed by atoms with van der Waals surface area (Å²) in [5, 5.41) is 124. The maximum absolute atomic E-state index is 14.9. The van der Waals surface area contributed by atoms with E-state index < -0.39 is 189 Å². The van der Waals surface area contributed by atoms with Gasteiger partial charge >= 0.3 is 5.97 Å². The smallest absolute Gasteiger partial charge is 0.364 e. The zero-order chi connectivity index (χ0) is 80.7. The quantitative estimate of drug-likeness (QED) is 0.0245. The molecule has 2 aromatic heterocycles. The second kappa shape index (κ2) is 43.3. The number of aliphatic carboxylic acids is 1. The molecule has 22 unspecified atom stereocenters. The van der Waals surface area contributed by atoms with Crippen LogP contribution in [-0.4, -0.2) is 312 Å². The van der Waals surface area contributed by atoms with Crippen LogP contribution in [0.15, 0.2) is 53.3 Å². The number of hydrogen-bond acceptors (Lipinski definition) is 28. The van der Waals surface area contributed by atoms with Crippen LogP contribution in [0.5, 0.6) is 0 Å². The molecule has 0 radical (unpaired) electrons. The molecule has 3 aliphatic rings. The van der Waals surface area contributed by atoms with E-state index in [0.717, 1.165) is 23.7 Å². The molecule has 36 heteroatoms. The van der Waals surface area contributed by atoms with Crippen LogP contribution in [0, 0.1) is 29.6 Å². The van der Waals surface area contributed by atoms with E-state index in [-0.39, 0.29) is 62.2 Å². The molecule has 0 spiro atoms. The molecular formula is C73H118N12O23S. The molecule has 13 N–H and O–H groups in total. The van der Waals surface area contributed by atoms with Crippen LogP contribution in [-0.2, 0) is 86.2 Å². The van der Waals surface area contributed by atoms with E-state index in [2.05, 4.69) is 41.7 Å². The van der Waals surface area contributed by atoms with Crippen molar-refractivity contribution >= 4 is 59.0 Å². The maximum Gasteiger partial charge on any atom is 0.364 e. The van der Waals surface area contributed by atoms with Gasteiger partial charge in [0.15, 0.2) is 12.9 Å². The summed E-state index contributed by atoms with van der Waals surface area (Å²) in [5.74, 6) is -8.67. The summed E-state index contributed by atoms with van der Waals surface area (Å²) in [6, 6.07) is 4.99. The van der Waals surface area contributed by atoms with Gasteiger partial charge in [0.1, 0.15) is 59.9 Å². The standard InChI is InChI=1S/C73H118N12O23S/c1-15-42(8)60(52(102-13)31-56(91)85-27-19-22-48(85)66(103-14)43(9)67(97)78-47(69-75-26-29-109-69)30-45-20-17-16-18-21-45)83(12)70(99)57(40(4)5)79-68(98)59(41(6)7)82(11)35-50(88)61(92)62(93)51(89)36-84-34-46(80-81-84)23-25-74-55(90)38-106-76-33-53-58(77-44(10)86)49(87)32-73(108-53,72(100)101)105-37-54-63(94)64(95)65(96)71(107-54)104-28-24-39(2)3/h16-18,20-21,26,29,33-34,39-43,47-54,57-66,71,87-89,92-96H,15,19,22-25,27-28,30-32,35-38H2,1-14H3,(H,74,90)(H,77,86)(H,78,97)(H,79,98)(H,100,101). The third-order valence-corrected chi connectivity index (χ3v) is 21.3. The van der Waals surface area contributed by atoms with Crippen molar-refractivity contribution in [2.24, 2.45) is 34.7 Å². The van der Waals surface area contributed by atoms with Crippen LogP contribution in [0.2, 0.25) is 0 Å². The Labute approximate surface area is 640 Å².